The van der Waals surface area contributed by atoms with Gasteiger partial charge in [0, 0.05) is 53.0 Å². The number of nitrogens with zero attached hydrogens (tertiary/aromatic N) is 3. The topological polar surface area (TPSA) is 112 Å². The summed E-state index contributed by atoms with van der Waals surface area (Å²) in [5.41, 5.74) is 3.00. The smallest absolute Gasteiger partial charge is 0.253 e. The summed E-state index contributed by atoms with van der Waals surface area (Å²) in [6, 6.07) is 8.31. The summed E-state index contributed by atoms with van der Waals surface area (Å²) in [5, 5.41) is 8.69. The lowest BCUT2D eigenvalue weighted by Gasteiger charge is -2.44. The van der Waals surface area contributed by atoms with Gasteiger partial charge in [0.1, 0.15) is 6.04 Å². The van der Waals surface area contributed by atoms with E-state index >= 15 is 0 Å². The zero-order valence-corrected chi connectivity index (χ0v) is 24.2. The molecule has 1 aliphatic heterocycles. The second-order valence-electron chi connectivity index (χ2n) is 11.4. The van der Waals surface area contributed by atoms with Crippen LogP contribution in [0.25, 0.3) is 21.8 Å². The number of morpholine rings is 1. The van der Waals surface area contributed by atoms with Crippen LogP contribution in [0.2, 0.25) is 5.02 Å². The van der Waals surface area contributed by atoms with Crippen molar-refractivity contribution in [2.75, 3.05) is 25.0 Å². The predicted octanol–water partition coefficient (Wildman–Crippen LogP) is 4.95. The number of benzene rings is 1. The standard InChI is InChI=1S/C30H35ClN6O3/c1-17(2)25(36-28(38)20-7-6-9-33-18(20)3)14-37-16-30(4,5)40-15-26(37)29(39)35-23-12-19(31)11-22-21-8-10-32-13-24(21)34-27(22)23/h6-13,17,25-26,34H,14-16H2,1-5H3,(H,35,39)(H,36,38)/t25-,26+/m1/s1. The Morgan fingerprint density at radius 2 is 2.02 bits per heavy atom. The minimum Gasteiger partial charge on any atom is -0.372 e. The van der Waals surface area contributed by atoms with Gasteiger partial charge >= 0.3 is 0 Å². The maximum absolute atomic E-state index is 13.8. The van der Waals surface area contributed by atoms with Crippen LogP contribution < -0.4 is 10.6 Å². The van der Waals surface area contributed by atoms with Gasteiger partial charge in [0.2, 0.25) is 5.91 Å². The minimum absolute atomic E-state index is 0.128. The molecule has 0 radical (unpaired) electrons. The van der Waals surface area contributed by atoms with Crippen LogP contribution in [0.15, 0.2) is 48.9 Å². The third kappa shape index (κ3) is 5.82. The number of rotatable bonds is 7. The Hall–Kier alpha value is -3.53. The lowest BCUT2D eigenvalue weighted by atomic mass is 9.98. The summed E-state index contributed by atoms with van der Waals surface area (Å²) in [4.78, 5) is 40.9. The van der Waals surface area contributed by atoms with Crippen LogP contribution in [-0.2, 0) is 9.53 Å². The zero-order chi connectivity index (χ0) is 28.6. The number of pyridine rings is 2. The summed E-state index contributed by atoms with van der Waals surface area (Å²) in [6.45, 7) is 11.2. The van der Waals surface area contributed by atoms with E-state index in [1.807, 2.05) is 32.9 Å². The van der Waals surface area contributed by atoms with Gasteiger partial charge < -0.3 is 20.4 Å². The average molecular weight is 563 g/mol. The van der Waals surface area contributed by atoms with Crippen LogP contribution in [0.3, 0.4) is 0 Å². The molecule has 40 heavy (non-hydrogen) atoms. The Bertz CT molecular complexity index is 1570. The van der Waals surface area contributed by atoms with Crippen molar-refractivity contribution in [1.29, 1.82) is 0 Å². The fraction of sp³-hybridized carbons (Fsp3) is 0.400. The lowest BCUT2D eigenvalue weighted by Crippen LogP contribution is -2.61. The molecule has 10 heteroatoms. The first kappa shape index (κ1) is 28.0. The molecule has 2 atom stereocenters. The highest BCUT2D eigenvalue weighted by Crippen LogP contribution is 2.33. The number of aromatic amines is 1. The van der Waals surface area contributed by atoms with Crippen molar-refractivity contribution in [3.8, 4) is 0 Å². The summed E-state index contributed by atoms with van der Waals surface area (Å²) in [6.07, 6.45) is 5.15. The molecule has 1 fully saturated rings. The third-order valence-corrected chi connectivity index (χ3v) is 7.71. The van der Waals surface area contributed by atoms with E-state index < -0.39 is 11.6 Å². The molecule has 0 spiro atoms. The molecule has 3 N–H and O–H groups in total. The van der Waals surface area contributed by atoms with E-state index in [0.717, 1.165) is 21.8 Å². The molecule has 210 valence electrons. The van der Waals surface area contributed by atoms with Crippen molar-refractivity contribution in [2.24, 2.45) is 5.92 Å². The van der Waals surface area contributed by atoms with E-state index in [4.69, 9.17) is 16.3 Å². The van der Waals surface area contributed by atoms with Crippen molar-refractivity contribution in [1.82, 2.24) is 25.2 Å². The Morgan fingerprint density at radius 3 is 2.77 bits per heavy atom. The van der Waals surface area contributed by atoms with Crippen molar-refractivity contribution < 1.29 is 14.3 Å². The fourth-order valence-corrected chi connectivity index (χ4v) is 5.48. The van der Waals surface area contributed by atoms with E-state index in [1.54, 1.807) is 36.8 Å². The first-order valence-corrected chi connectivity index (χ1v) is 13.9. The first-order chi connectivity index (χ1) is 19.0. The number of hydrogen-bond donors (Lipinski definition) is 3. The van der Waals surface area contributed by atoms with Crippen molar-refractivity contribution in [3.63, 3.8) is 0 Å². The molecule has 4 heterocycles. The Kier molecular flexibility index (Phi) is 7.81. The molecule has 1 aliphatic rings. The van der Waals surface area contributed by atoms with Gasteiger partial charge in [-0.1, -0.05) is 25.4 Å². The van der Waals surface area contributed by atoms with Crippen LogP contribution in [0.4, 0.5) is 5.69 Å². The lowest BCUT2D eigenvalue weighted by molar-refractivity contribution is -0.144. The van der Waals surface area contributed by atoms with E-state index in [-0.39, 0.29) is 30.4 Å². The van der Waals surface area contributed by atoms with E-state index in [0.29, 0.717) is 35.1 Å². The molecular formula is C30H35ClN6O3. The van der Waals surface area contributed by atoms with Crippen LogP contribution >= 0.6 is 11.6 Å². The number of ether oxygens (including phenoxy) is 1. The summed E-state index contributed by atoms with van der Waals surface area (Å²) < 4.78 is 6.09. The number of halogens is 1. The Balaban J connectivity index is 1.40. The normalized spacial score (nSPS) is 18.2. The van der Waals surface area contributed by atoms with E-state index in [9.17, 15) is 9.59 Å². The van der Waals surface area contributed by atoms with Gasteiger partial charge in [0.25, 0.3) is 5.91 Å². The molecule has 0 aliphatic carbocycles. The molecule has 1 aromatic carbocycles. The highest BCUT2D eigenvalue weighted by Gasteiger charge is 2.39. The van der Waals surface area contributed by atoms with Crippen molar-refractivity contribution in [3.05, 3.63) is 65.2 Å². The number of hydrogen-bond acceptors (Lipinski definition) is 6. The summed E-state index contributed by atoms with van der Waals surface area (Å²) >= 11 is 6.47. The largest absolute Gasteiger partial charge is 0.372 e. The molecule has 3 aromatic heterocycles. The molecule has 5 rings (SSSR count). The fourth-order valence-electron chi connectivity index (χ4n) is 5.27. The average Bonchev–Trinajstić information content (AvgIpc) is 3.26. The van der Waals surface area contributed by atoms with E-state index in [2.05, 4.69) is 44.3 Å². The second kappa shape index (κ2) is 11.2. The molecule has 0 saturated carbocycles. The molecule has 2 amide bonds. The number of aryl methyl sites for hydroxylation is 1. The number of H-pyrrole nitrogens is 1. The maximum Gasteiger partial charge on any atom is 0.253 e. The highest BCUT2D eigenvalue weighted by molar-refractivity contribution is 6.33. The molecule has 9 nitrogen and oxygen atoms in total. The predicted molar refractivity (Wildman–Crippen MR) is 158 cm³/mol. The number of aromatic nitrogens is 3. The molecule has 1 saturated heterocycles. The molecule has 0 unspecified atom stereocenters. The van der Waals surface area contributed by atoms with Gasteiger partial charge in [-0.15, -0.1) is 0 Å². The van der Waals surface area contributed by atoms with Crippen molar-refractivity contribution >= 4 is 50.9 Å². The van der Waals surface area contributed by atoms with Crippen LogP contribution in [0.1, 0.15) is 43.7 Å². The van der Waals surface area contributed by atoms with Crippen LogP contribution in [-0.4, -0.2) is 69.0 Å². The molecule has 4 aromatic rings. The Morgan fingerprint density at radius 1 is 1.23 bits per heavy atom. The van der Waals surface area contributed by atoms with Crippen LogP contribution in [0, 0.1) is 12.8 Å². The summed E-state index contributed by atoms with van der Waals surface area (Å²) in [5.74, 6) is -0.247. The zero-order valence-electron chi connectivity index (χ0n) is 23.4. The van der Waals surface area contributed by atoms with E-state index in [1.165, 1.54) is 0 Å². The molecule has 0 bridgehead atoms. The van der Waals surface area contributed by atoms with Crippen molar-refractivity contribution in [2.45, 2.75) is 52.3 Å². The minimum atomic E-state index is -0.564. The molecular weight excluding hydrogens is 528 g/mol. The van der Waals surface area contributed by atoms with Gasteiger partial charge in [0.15, 0.2) is 0 Å². The number of amides is 2. The van der Waals surface area contributed by atoms with Crippen LogP contribution in [0.5, 0.6) is 0 Å². The third-order valence-electron chi connectivity index (χ3n) is 7.50. The number of carbonyl (C=O) groups excluding carboxylic acids is 2. The Labute approximate surface area is 238 Å². The highest BCUT2D eigenvalue weighted by atomic mass is 35.5. The summed E-state index contributed by atoms with van der Waals surface area (Å²) in [7, 11) is 0. The van der Waals surface area contributed by atoms with Gasteiger partial charge in [-0.2, -0.15) is 0 Å². The number of carbonyl (C=O) groups is 2. The van der Waals surface area contributed by atoms with Gasteiger partial charge in [0.05, 0.1) is 40.7 Å². The number of fused-ring (bicyclic) bond motifs is 3. The SMILES string of the molecule is Cc1ncccc1C(=O)N[C@H](CN1CC(C)(C)OC[C@H]1C(=O)Nc1cc(Cl)cc2c1[nH]c1cnccc12)C(C)C. The second-order valence-corrected chi connectivity index (χ2v) is 11.8. The van der Waals surface area contributed by atoms with Gasteiger partial charge in [-0.05, 0) is 57.0 Å². The maximum atomic E-state index is 13.8. The first-order valence-electron chi connectivity index (χ1n) is 13.5. The van der Waals surface area contributed by atoms with Gasteiger partial charge in [-0.25, -0.2) is 0 Å². The quantitative estimate of drug-likeness (QED) is 0.294. The number of anilines is 1. The monoisotopic (exact) mass is 562 g/mol. The number of nitrogens with one attached hydrogen (secondary N) is 3. The van der Waals surface area contributed by atoms with Gasteiger partial charge in [-0.3, -0.25) is 24.5 Å².